The highest BCUT2D eigenvalue weighted by Crippen LogP contribution is 2.25. The Balaban J connectivity index is 1.57. The van der Waals surface area contributed by atoms with Crippen molar-refractivity contribution in [3.05, 3.63) is 66.0 Å². The monoisotopic (exact) mass is 326 g/mol. The van der Waals surface area contributed by atoms with E-state index in [9.17, 15) is 4.79 Å². The molecule has 22 heavy (non-hydrogen) atoms. The summed E-state index contributed by atoms with van der Waals surface area (Å²) in [7, 11) is 0. The maximum absolute atomic E-state index is 12.0. The van der Waals surface area contributed by atoms with Crippen molar-refractivity contribution < 1.29 is 4.79 Å². The normalized spacial score (nSPS) is 10.4. The SMILES string of the molecule is O=C(CSc1ccccc1)Nc1nc(-c2ccccc2)cs1. The fraction of sp³-hybridized carbons (Fsp3) is 0.0588. The summed E-state index contributed by atoms with van der Waals surface area (Å²) in [6, 6.07) is 19.8. The first-order chi connectivity index (χ1) is 10.8. The fourth-order valence-corrected chi connectivity index (χ4v) is 3.35. The minimum Gasteiger partial charge on any atom is -0.301 e. The number of hydrogen-bond donors (Lipinski definition) is 1. The molecule has 0 atom stereocenters. The van der Waals surface area contributed by atoms with Crippen LogP contribution in [0.3, 0.4) is 0 Å². The van der Waals surface area contributed by atoms with Gasteiger partial charge in [0.15, 0.2) is 5.13 Å². The molecule has 1 N–H and O–H groups in total. The van der Waals surface area contributed by atoms with Crippen molar-refractivity contribution in [3.63, 3.8) is 0 Å². The van der Waals surface area contributed by atoms with Gasteiger partial charge in [-0.3, -0.25) is 4.79 Å². The van der Waals surface area contributed by atoms with Crippen LogP contribution in [0.25, 0.3) is 11.3 Å². The predicted molar refractivity (Wildman–Crippen MR) is 93.3 cm³/mol. The van der Waals surface area contributed by atoms with Crippen molar-refractivity contribution >= 4 is 34.1 Å². The van der Waals surface area contributed by atoms with Gasteiger partial charge in [-0.05, 0) is 12.1 Å². The molecular weight excluding hydrogens is 312 g/mol. The van der Waals surface area contributed by atoms with Crippen molar-refractivity contribution in [1.29, 1.82) is 0 Å². The lowest BCUT2D eigenvalue weighted by Crippen LogP contribution is -2.13. The van der Waals surface area contributed by atoms with Gasteiger partial charge in [0.25, 0.3) is 0 Å². The molecule has 0 aliphatic heterocycles. The highest BCUT2D eigenvalue weighted by Gasteiger charge is 2.08. The van der Waals surface area contributed by atoms with Gasteiger partial charge in [-0.2, -0.15) is 0 Å². The average Bonchev–Trinajstić information content (AvgIpc) is 3.03. The molecule has 3 rings (SSSR count). The highest BCUT2D eigenvalue weighted by atomic mass is 32.2. The van der Waals surface area contributed by atoms with Crippen LogP contribution in [0.2, 0.25) is 0 Å². The molecule has 1 amide bonds. The third kappa shape index (κ3) is 3.96. The third-order valence-electron chi connectivity index (χ3n) is 2.93. The second kappa shape index (κ2) is 7.24. The van der Waals surface area contributed by atoms with Gasteiger partial charge in [0, 0.05) is 15.8 Å². The van der Waals surface area contributed by atoms with E-state index in [0.717, 1.165) is 16.2 Å². The van der Waals surface area contributed by atoms with Gasteiger partial charge < -0.3 is 5.32 Å². The van der Waals surface area contributed by atoms with E-state index in [1.807, 2.05) is 66.0 Å². The second-order valence-electron chi connectivity index (χ2n) is 4.55. The van der Waals surface area contributed by atoms with E-state index in [-0.39, 0.29) is 5.91 Å². The molecule has 0 unspecified atom stereocenters. The zero-order chi connectivity index (χ0) is 15.2. The Hall–Kier alpha value is -2.11. The molecule has 0 bridgehead atoms. The van der Waals surface area contributed by atoms with Gasteiger partial charge in [-0.25, -0.2) is 4.98 Å². The topological polar surface area (TPSA) is 42.0 Å². The van der Waals surface area contributed by atoms with E-state index in [0.29, 0.717) is 10.9 Å². The summed E-state index contributed by atoms with van der Waals surface area (Å²) in [4.78, 5) is 17.5. The molecule has 1 heterocycles. The van der Waals surface area contributed by atoms with Crippen LogP contribution in [0.15, 0.2) is 70.9 Å². The number of aromatic nitrogens is 1. The molecule has 2 aromatic carbocycles. The van der Waals surface area contributed by atoms with Gasteiger partial charge in [-0.1, -0.05) is 48.5 Å². The number of anilines is 1. The van der Waals surface area contributed by atoms with Crippen LogP contribution in [0.1, 0.15) is 0 Å². The lowest BCUT2D eigenvalue weighted by atomic mass is 10.2. The van der Waals surface area contributed by atoms with Crippen LogP contribution in [0.5, 0.6) is 0 Å². The van der Waals surface area contributed by atoms with Crippen molar-refractivity contribution in [2.45, 2.75) is 4.90 Å². The van der Waals surface area contributed by atoms with Gasteiger partial charge in [0.05, 0.1) is 11.4 Å². The number of benzene rings is 2. The number of carbonyl (C=O) groups excluding carboxylic acids is 1. The van der Waals surface area contributed by atoms with E-state index >= 15 is 0 Å². The average molecular weight is 326 g/mol. The summed E-state index contributed by atoms with van der Waals surface area (Å²) in [5.74, 6) is 0.340. The Labute approximate surface area is 137 Å². The number of carbonyl (C=O) groups is 1. The van der Waals surface area contributed by atoms with Gasteiger partial charge >= 0.3 is 0 Å². The molecule has 0 radical (unpaired) electrons. The van der Waals surface area contributed by atoms with E-state index < -0.39 is 0 Å². The summed E-state index contributed by atoms with van der Waals surface area (Å²) in [5, 5.41) is 5.44. The number of thioether (sulfide) groups is 1. The predicted octanol–water partition coefficient (Wildman–Crippen LogP) is 4.54. The summed E-state index contributed by atoms with van der Waals surface area (Å²) in [6.07, 6.45) is 0. The number of nitrogens with one attached hydrogen (secondary N) is 1. The number of amides is 1. The molecule has 3 aromatic rings. The minimum atomic E-state index is -0.0391. The molecule has 0 saturated heterocycles. The smallest absolute Gasteiger partial charge is 0.236 e. The maximum atomic E-state index is 12.0. The fourth-order valence-electron chi connectivity index (χ4n) is 1.89. The van der Waals surface area contributed by atoms with Crippen LogP contribution < -0.4 is 5.32 Å². The van der Waals surface area contributed by atoms with Crippen LogP contribution in [-0.2, 0) is 4.79 Å². The van der Waals surface area contributed by atoms with Gasteiger partial charge in [0.2, 0.25) is 5.91 Å². The van der Waals surface area contributed by atoms with Crippen molar-refractivity contribution in [2.24, 2.45) is 0 Å². The molecule has 0 aliphatic carbocycles. The largest absolute Gasteiger partial charge is 0.301 e. The minimum absolute atomic E-state index is 0.0391. The van der Waals surface area contributed by atoms with Crippen molar-refractivity contribution in [2.75, 3.05) is 11.1 Å². The van der Waals surface area contributed by atoms with Gasteiger partial charge in [0.1, 0.15) is 0 Å². The molecule has 110 valence electrons. The molecule has 3 nitrogen and oxygen atoms in total. The Bertz CT molecular complexity index is 742. The first kappa shape index (κ1) is 14.8. The zero-order valence-electron chi connectivity index (χ0n) is 11.7. The molecular formula is C17H14N2OS2. The zero-order valence-corrected chi connectivity index (χ0v) is 13.4. The van der Waals surface area contributed by atoms with E-state index in [1.54, 1.807) is 0 Å². The number of rotatable bonds is 5. The van der Waals surface area contributed by atoms with Crippen molar-refractivity contribution in [3.8, 4) is 11.3 Å². The lowest BCUT2D eigenvalue weighted by molar-refractivity contribution is -0.113. The third-order valence-corrected chi connectivity index (χ3v) is 4.70. The van der Waals surface area contributed by atoms with E-state index in [1.165, 1.54) is 23.1 Å². The summed E-state index contributed by atoms with van der Waals surface area (Å²) in [5.41, 5.74) is 1.94. The highest BCUT2D eigenvalue weighted by molar-refractivity contribution is 8.00. The molecule has 0 aliphatic rings. The number of nitrogens with zero attached hydrogens (tertiary/aromatic N) is 1. The molecule has 1 aromatic heterocycles. The van der Waals surface area contributed by atoms with Crippen LogP contribution >= 0.6 is 23.1 Å². The second-order valence-corrected chi connectivity index (χ2v) is 6.46. The summed E-state index contributed by atoms with van der Waals surface area (Å²) >= 11 is 2.96. The summed E-state index contributed by atoms with van der Waals surface area (Å²) in [6.45, 7) is 0. The first-order valence-electron chi connectivity index (χ1n) is 6.80. The number of thiazole rings is 1. The van der Waals surface area contributed by atoms with Crippen LogP contribution in [0.4, 0.5) is 5.13 Å². The maximum Gasteiger partial charge on any atom is 0.236 e. The Morgan fingerprint density at radius 2 is 1.73 bits per heavy atom. The quantitative estimate of drug-likeness (QED) is 0.700. The Morgan fingerprint density at radius 1 is 1.05 bits per heavy atom. The van der Waals surface area contributed by atoms with Gasteiger partial charge in [-0.15, -0.1) is 23.1 Å². The molecule has 0 spiro atoms. The van der Waals surface area contributed by atoms with Crippen LogP contribution in [0, 0.1) is 0 Å². The molecule has 5 heteroatoms. The Morgan fingerprint density at radius 3 is 2.45 bits per heavy atom. The van der Waals surface area contributed by atoms with Crippen LogP contribution in [-0.4, -0.2) is 16.6 Å². The number of hydrogen-bond acceptors (Lipinski definition) is 4. The lowest BCUT2D eigenvalue weighted by Gasteiger charge is -2.02. The van der Waals surface area contributed by atoms with E-state index in [4.69, 9.17) is 0 Å². The van der Waals surface area contributed by atoms with Crippen molar-refractivity contribution in [1.82, 2.24) is 4.98 Å². The molecule has 0 fully saturated rings. The first-order valence-corrected chi connectivity index (χ1v) is 8.66. The standard InChI is InChI=1S/C17H14N2OS2/c20-16(12-21-14-9-5-2-6-10-14)19-17-18-15(11-22-17)13-7-3-1-4-8-13/h1-11H,12H2,(H,18,19,20). The summed E-state index contributed by atoms with van der Waals surface area (Å²) < 4.78 is 0. The Kier molecular flexibility index (Phi) is 4.88. The van der Waals surface area contributed by atoms with E-state index in [2.05, 4.69) is 10.3 Å². The molecule has 0 saturated carbocycles.